The molecule has 3 heterocycles. The number of benzene rings is 2. The van der Waals surface area contributed by atoms with Crippen LogP contribution in [0.1, 0.15) is 33.8 Å². The van der Waals surface area contributed by atoms with Gasteiger partial charge in [0.25, 0.3) is 11.6 Å². The average Bonchev–Trinajstić information content (AvgIpc) is 3.45. The molecule has 0 bridgehead atoms. The summed E-state index contributed by atoms with van der Waals surface area (Å²) >= 11 is 3.20. The number of thiophene rings is 1. The first kappa shape index (κ1) is 22.6. The second-order valence-electron chi connectivity index (χ2n) is 7.41. The summed E-state index contributed by atoms with van der Waals surface area (Å²) in [5.41, 5.74) is 2.53. The Labute approximate surface area is 199 Å². The van der Waals surface area contributed by atoms with Gasteiger partial charge in [0.1, 0.15) is 6.17 Å². The summed E-state index contributed by atoms with van der Waals surface area (Å²) in [6.07, 6.45) is -0.391. The van der Waals surface area contributed by atoms with E-state index < -0.39 is 11.1 Å². The van der Waals surface area contributed by atoms with E-state index in [0.29, 0.717) is 11.3 Å². The molecule has 2 aromatic carbocycles. The van der Waals surface area contributed by atoms with Gasteiger partial charge in [-0.3, -0.25) is 19.8 Å². The van der Waals surface area contributed by atoms with Crippen molar-refractivity contribution in [3.63, 3.8) is 0 Å². The maximum atomic E-state index is 13.7. The normalized spacial score (nSPS) is 15.2. The van der Waals surface area contributed by atoms with Gasteiger partial charge in [0.15, 0.2) is 0 Å². The van der Waals surface area contributed by atoms with Gasteiger partial charge in [0, 0.05) is 35.1 Å². The molecule has 7 nitrogen and oxygen atoms in total. The lowest BCUT2D eigenvalue weighted by atomic mass is 10.0. The highest BCUT2D eigenvalue weighted by Gasteiger charge is 2.39. The van der Waals surface area contributed by atoms with E-state index in [-0.39, 0.29) is 19.0 Å². The lowest BCUT2D eigenvalue weighted by Crippen LogP contribution is -2.48. The summed E-state index contributed by atoms with van der Waals surface area (Å²) in [6.45, 7) is 1.98. The molecule has 1 atom stereocenters. The molecule has 0 N–H and O–H groups in total. The van der Waals surface area contributed by atoms with E-state index >= 15 is 0 Å². The molecular formula is C24H22N4O3S2. The summed E-state index contributed by atoms with van der Waals surface area (Å²) in [7, 11) is 1.91. The molecule has 0 saturated heterocycles. The van der Waals surface area contributed by atoms with Crippen molar-refractivity contribution < 1.29 is 9.72 Å². The van der Waals surface area contributed by atoms with E-state index in [1.807, 2.05) is 66.7 Å². The molecule has 1 aliphatic heterocycles. The third-order valence-electron chi connectivity index (χ3n) is 5.42. The van der Waals surface area contributed by atoms with Crippen molar-refractivity contribution in [2.75, 3.05) is 16.8 Å². The number of rotatable bonds is 4. The van der Waals surface area contributed by atoms with Crippen molar-refractivity contribution in [1.82, 2.24) is 4.98 Å². The van der Waals surface area contributed by atoms with Crippen LogP contribution in [0.15, 0.2) is 66.0 Å². The van der Waals surface area contributed by atoms with Crippen LogP contribution in [-0.2, 0) is 0 Å². The third kappa shape index (κ3) is 3.90. The predicted molar refractivity (Wildman–Crippen MR) is 134 cm³/mol. The van der Waals surface area contributed by atoms with E-state index in [0.717, 1.165) is 26.1 Å². The van der Waals surface area contributed by atoms with Crippen LogP contribution in [0.5, 0.6) is 0 Å². The van der Waals surface area contributed by atoms with Gasteiger partial charge >= 0.3 is 0 Å². The molecule has 9 heteroatoms. The molecule has 0 spiro atoms. The zero-order chi connectivity index (χ0) is 22.4. The summed E-state index contributed by atoms with van der Waals surface area (Å²) in [6, 6.07) is 17.9. The fraction of sp³-hybridized carbons (Fsp3) is 0.167. The van der Waals surface area contributed by atoms with Crippen molar-refractivity contribution >= 4 is 45.6 Å². The zero-order valence-corrected chi connectivity index (χ0v) is 18.9. The molecule has 1 amide bonds. The van der Waals surface area contributed by atoms with Crippen molar-refractivity contribution in [2.45, 2.75) is 20.5 Å². The van der Waals surface area contributed by atoms with E-state index in [9.17, 15) is 14.9 Å². The highest BCUT2D eigenvalue weighted by molar-refractivity contribution is 7.16. The topological polar surface area (TPSA) is 79.6 Å². The summed E-state index contributed by atoms with van der Waals surface area (Å²) in [5, 5.41) is 14.3. The van der Waals surface area contributed by atoms with Crippen LogP contribution < -0.4 is 9.80 Å². The Morgan fingerprint density at radius 2 is 1.85 bits per heavy atom. The Bertz CT molecular complexity index is 1330. The number of fused-ring (bicyclic) bond motifs is 1. The molecule has 1 aliphatic rings. The number of nitro benzene ring substituents is 1. The van der Waals surface area contributed by atoms with Gasteiger partial charge < -0.3 is 4.90 Å². The monoisotopic (exact) mass is 478 g/mol. The quantitative estimate of drug-likeness (QED) is 0.246. The molecule has 0 aliphatic carbocycles. The minimum atomic E-state index is -0.478. The van der Waals surface area contributed by atoms with E-state index in [4.69, 9.17) is 0 Å². The molecule has 33 heavy (non-hydrogen) atoms. The number of non-ortho nitro benzene ring substituents is 1. The van der Waals surface area contributed by atoms with Crippen LogP contribution in [0.25, 0.3) is 10.6 Å². The van der Waals surface area contributed by atoms with E-state index in [1.54, 1.807) is 33.6 Å². The fourth-order valence-electron chi connectivity index (χ4n) is 3.93. The molecular weight excluding hydrogens is 456 g/mol. The van der Waals surface area contributed by atoms with Gasteiger partial charge in [0.2, 0.25) is 0 Å². The van der Waals surface area contributed by atoms with Crippen LogP contribution in [0.4, 0.5) is 17.1 Å². The molecule has 0 fully saturated rings. The Morgan fingerprint density at radius 1 is 1.09 bits per heavy atom. The summed E-state index contributed by atoms with van der Waals surface area (Å²) in [5.74, 6) is -0.266. The van der Waals surface area contributed by atoms with Gasteiger partial charge in [-0.2, -0.15) is 0 Å². The third-order valence-corrected chi connectivity index (χ3v) is 7.34. The Balaban J connectivity index is 0.00000259. The number of thiazole rings is 1. The van der Waals surface area contributed by atoms with Gasteiger partial charge in [-0.15, -0.1) is 22.7 Å². The van der Waals surface area contributed by atoms with Crippen LogP contribution in [0.2, 0.25) is 0 Å². The van der Waals surface area contributed by atoms with Crippen LogP contribution in [0, 0.1) is 17.0 Å². The second kappa shape index (κ2) is 8.76. The second-order valence-corrected chi connectivity index (χ2v) is 9.59. The maximum absolute atomic E-state index is 13.7. The van der Waals surface area contributed by atoms with Gasteiger partial charge in [-0.05, 0) is 37.3 Å². The van der Waals surface area contributed by atoms with Gasteiger partial charge in [0.05, 0.1) is 31.8 Å². The van der Waals surface area contributed by atoms with Crippen molar-refractivity contribution in [3.05, 3.63) is 91.6 Å². The van der Waals surface area contributed by atoms with Crippen LogP contribution >= 0.6 is 22.7 Å². The summed E-state index contributed by atoms with van der Waals surface area (Å²) < 4.78 is 0. The number of hydrogen-bond acceptors (Lipinski definition) is 7. The Hall–Kier alpha value is -3.56. The predicted octanol–water partition coefficient (Wildman–Crippen LogP) is 6.52. The van der Waals surface area contributed by atoms with E-state index in [1.165, 1.54) is 12.1 Å². The van der Waals surface area contributed by atoms with Crippen molar-refractivity contribution in [2.24, 2.45) is 0 Å². The van der Waals surface area contributed by atoms with E-state index in [2.05, 4.69) is 4.98 Å². The van der Waals surface area contributed by atoms with Crippen LogP contribution in [0.3, 0.4) is 0 Å². The number of amides is 1. The highest BCUT2D eigenvalue weighted by Crippen LogP contribution is 2.44. The molecule has 0 saturated carbocycles. The first-order valence-corrected chi connectivity index (χ1v) is 11.6. The molecule has 1 unspecified atom stereocenters. The first-order chi connectivity index (χ1) is 15.4. The number of carbonyl (C=O) groups is 1. The smallest absolute Gasteiger partial charge is 0.270 e. The SMILES string of the molecule is C.Cc1nc(-c2ccc(C3N(C)c4ccc([N+](=O)[O-])cc4C(=O)N3c3ccccc3)s2)cs1. The Kier molecular flexibility index (Phi) is 6.01. The number of nitrogens with zero attached hydrogens (tertiary/aromatic N) is 4. The number of nitro groups is 1. The largest absolute Gasteiger partial charge is 0.349 e. The molecule has 168 valence electrons. The van der Waals surface area contributed by atoms with Crippen LogP contribution in [-0.4, -0.2) is 22.9 Å². The highest BCUT2D eigenvalue weighted by atomic mass is 32.1. The Morgan fingerprint density at radius 3 is 2.52 bits per heavy atom. The lowest BCUT2D eigenvalue weighted by molar-refractivity contribution is -0.384. The molecule has 4 aromatic rings. The summed E-state index contributed by atoms with van der Waals surface area (Å²) in [4.78, 5) is 34.8. The molecule has 2 aromatic heterocycles. The number of carbonyl (C=O) groups excluding carboxylic acids is 1. The van der Waals surface area contributed by atoms with Crippen molar-refractivity contribution in [3.8, 4) is 10.6 Å². The lowest BCUT2D eigenvalue weighted by Gasteiger charge is -2.43. The fourth-order valence-corrected chi connectivity index (χ4v) is 5.72. The number of para-hydroxylation sites is 1. The standard InChI is InChI=1S/C23H18N4O3S2.CH4/c1-14-24-18(13-31-14)20-10-11-21(32-20)22-25(2)19-9-8-16(27(29)30)12-17(19)23(28)26(22)15-6-4-3-5-7-15;/h3-13,22H,1-2H3;1H4. The number of anilines is 2. The maximum Gasteiger partial charge on any atom is 0.270 e. The number of hydrogen-bond donors (Lipinski definition) is 0. The minimum absolute atomic E-state index is 0. The van der Waals surface area contributed by atoms with Gasteiger partial charge in [-0.25, -0.2) is 4.98 Å². The first-order valence-electron chi connectivity index (χ1n) is 9.86. The molecule has 0 radical (unpaired) electrons. The number of aromatic nitrogens is 1. The van der Waals surface area contributed by atoms with Gasteiger partial charge in [-0.1, -0.05) is 25.6 Å². The minimum Gasteiger partial charge on any atom is -0.349 e. The number of aryl methyl sites for hydroxylation is 1. The molecule has 5 rings (SSSR count). The zero-order valence-electron chi connectivity index (χ0n) is 17.3. The van der Waals surface area contributed by atoms with Crippen molar-refractivity contribution in [1.29, 1.82) is 0 Å². The average molecular weight is 479 g/mol.